The number of halogens is 2. The van der Waals surface area contributed by atoms with Gasteiger partial charge in [-0.05, 0) is 29.8 Å². The molecule has 0 spiro atoms. The highest BCUT2D eigenvalue weighted by Crippen LogP contribution is 2.18. The second kappa shape index (κ2) is 5.01. The van der Waals surface area contributed by atoms with Gasteiger partial charge in [-0.3, -0.25) is 0 Å². The molecule has 0 amide bonds. The van der Waals surface area contributed by atoms with Crippen LogP contribution in [-0.2, 0) is 6.54 Å². The number of pyridine rings is 1. The lowest BCUT2D eigenvalue weighted by Crippen LogP contribution is -1.99. The molecule has 0 unspecified atom stereocenters. The van der Waals surface area contributed by atoms with Crippen molar-refractivity contribution in [1.29, 1.82) is 0 Å². The maximum absolute atomic E-state index is 13.1. The van der Waals surface area contributed by atoms with Crippen molar-refractivity contribution in [2.24, 2.45) is 0 Å². The van der Waals surface area contributed by atoms with Crippen LogP contribution in [0, 0.1) is 5.82 Å². The molecule has 3 nitrogen and oxygen atoms in total. The predicted octanol–water partition coefficient (Wildman–Crippen LogP) is 3.19. The number of aromatic hydroxyl groups is 1. The Labute approximate surface area is 103 Å². The van der Waals surface area contributed by atoms with Crippen LogP contribution in [0.1, 0.15) is 5.56 Å². The summed E-state index contributed by atoms with van der Waals surface area (Å²) in [5.41, 5.74) is 1.53. The van der Waals surface area contributed by atoms with Gasteiger partial charge in [-0.25, -0.2) is 9.37 Å². The van der Waals surface area contributed by atoms with E-state index in [9.17, 15) is 4.39 Å². The number of hydrogen-bond acceptors (Lipinski definition) is 3. The summed E-state index contributed by atoms with van der Waals surface area (Å²) in [7, 11) is 0. The van der Waals surface area contributed by atoms with Crippen molar-refractivity contribution in [2.45, 2.75) is 6.54 Å². The summed E-state index contributed by atoms with van der Waals surface area (Å²) in [6.07, 6.45) is 1.59. The number of phenols is 1. The highest BCUT2D eigenvalue weighted by molar-refractivity contribution is 6.29. The van der Waals surface area contributed by atoms with Gasteiger partial charge in [0.2, 0.25) is 0 Å². The molecule has 0 aliphatic heterocycles. The molecule has 5 heteroatoms. The van der Waals surface area contributed by atoms with Crippen molar-refractivity contribution in [3.8, 4) is 5.75 Å². The van der Waals surface area contributed by atoms with E-state index < -0.39 is 5.82 Å². The molecule has 0 aliphatic rings. The number of rotatable bonds is 3. The summed E-state index contributed by atoms with van der Waals surface area (Å²) in [5, 5.41) is 12.5. The van der Waals surface area contributed by atoms with Crippen molar-refractivity contribution >= 4 is 17.3 Å². The molecule has 0 fully saturated rings. The first-order chi connectivity index (χ1) is 8.15. The number of nitrogens with one attached hydrogen (secondary N) is 1. The predicted molar refractivity (Wildman–Crippen MR) is 64.6 cm³/mol. The first kappa shape index (κ1) is 11.7. The molecule has 0 atom stereocenters. The summed E-state index contributed by atoms with van der Waals surface area (Å²) >= 11 is 5.73. The molecule has 0 radical (unpaired) electrons. The van der Waals surface area contributed by atoms with E-state index in [0.717, 1.165) is 11.3 Å². The number of benzene rings is 1. The molecule has 0 saturated carbocycles. The van der Waals surface area contributed by atoms with E-state index in [4.69, 9.17) is 16.7 Å². The van der Waals surface area contributed by atoms with E-state index in [1.54, 1.807) is 24.4 Å². The van der Waals surface area contributed by atoms with Crippen molar-refractivity contribution < 1.29 is 9.50 Å². The van der Waals surface area contributed by atoms with Gasteiger partial charge in [-0.2, -0.15) is 0 Å². The highest BCUT2D eigenvalue weighted by Gasteiger charge is 2.01. The van der Waals surface area contributed by atoms with Gasteiger partial charge >= 0.3 is 0 Å². The summed E-state index contributed by atoms with van der Waals surface area (Å²) in [6.45, 7) is 0.442. The second-order valence-corrected chi connectivity index (χ2v) is 3.89. The molecule has 1 aromatic carbocycles. The molecule has 1 aromatic heterocycles. The number of hydrogen-bond donors (Lipinski definition) is 2. The fraction of sp³-hybridized carbons (Fsp3) is 0.0833. The molecular formula is C12H10ClFN2O. The Kier molecular flexibility index (Phi) is 3.44. The molecule has 0 bridgehead atoms. The minimum Gasteiger partial charge on any atom is -0.505 e. The average molecular weight is 253 g/mol. The molecule has 17 heavy (non-hydrogen) atoms. The van der Waals surface area contributed by atoms with Crippen molar-refractivity contribution in [2.75, 3.05) is 5.32 Å². The Balaban J connectivity index is 2.05. The fourth-order valence-corrected chi connectivity index (χ4v) is 1.55. The van der Waals surface area contributed by atoms with E-state index in [2.05, 4.69) is 10.3 Å². The quantitative estimate of drug-likeness (QED) is 0.825. The van der Waals surface area contributed by atoms with Crippen LogP contribution in [0.2, 0.25) is 5.15 Å². The van der Waals surface area contributed by atoms with Gasteiger partial charge in [0.25, 0.3) is 0 Å². The average Bonchev–Trinajstić information content (AvgIpc) is 2.31. The third kappa shape index (κ3) is 3.07. The van der Waals surface area contributed by atoms with Gasteiger partial charge in [0, 0.05) is 18.4 Å². The van der Waals surface area contributed by atoms with Gasteiger partial charge in [0.1, 0.15) is 5.15 Å². The van der Waals surface area contributed by atoms with Gasteiger partial charge in [-0.1, -0.05) is 17.7 Å². The van der Waals surface area contributed by atoms with E-state index in [1.807, 2.05) is 0 Å². The minimum atomic E-state index is -0.628. The van der Waals surface area contributed by atoms with Crippen LogP contribution in [0.15, 0.2) is 36.5 Å². The van der Waals surface area contributed by atoms with Crippen LogP contribution in [0.4, 0.5) is 10.1 Å². The largest absolute Gasteiger partial charge is 0.505 e. The number of nitrogens with zero attached hydrogens (tertiary/aromatic N) is 1. The Morgan fingerprint density at radius 1 is 1.29 bits per heavy atom. The first-order valence-corrected chi connectivity index (χ1v) is 5.36. The second-order valence-electron chi connectivity index (χ2n) is 3.51. The molecule has 0 saturated heterocycles. The Hall–Kier alpha value is -1.81. The smallest absolute Gasteiger partial charge is 0.165 e. The molecular weight excluding hydrogens is 243 g/mol. The zero-order valence-corrected chi connectivity index (χ0v) is 9.58. The van der Waals surface area contributed by atoms with Crippen molar-refractivity contribution in [3.05, 3.63) is 53.1 Å². The van der Waals surface area contributed by atoms with E-state index in [-0.39, 0.29) is 5.75 Å². The van der Waals surface area contributed by atoms with Gasteiger partial charge in [0.15, 0.2) is 11.6 Å². The van der Waals surface area contributed by atoms with E-state index in [1.165, 1.54) is 12.1 Å². The Morgan fingerprint density at radius 3 is 2.82 bits per heavy atom. The molecule has 2 rings (SSSR count). The molecule has 88 valence electrons. The van der Waals surface area contributed by atoms with Crippen molar-refractivity contribution in [1.82, 2.24) is 4.98 Å². The summed E-state index contributed by atoms with van der Waals surface area (Å²) in [6, 6.07) is 7.70. The lowest BCUT2D eigenvalue weighted by atomic mass is 10.2. The van der Waals surface area contributed by atoms with Crippen molar-refractivity contribution in [3.63, 3.8) is 0 Å². The third-order valence-electron chi connectivity index (χ3n) is 2.24. The van der Waals surface area contributed by atoms with Gasteiger partial charge < -0.3 is 10.4 Å². The number of aromatic nitrogens is 1. The lowest BCUT2D eigenvalue weighted by molar-refractivity contribution is 0.432. The molecule has 0 aliphatic carbocycles. The topological polar surface area (TPSA) is 45.1 Å². The van der Waals surface area contributed by atoms with Gasteiger partial charge in [-0.15, -0.1) is 0 Å². The summed E-state index contributed by atoms with van der Waals surface area (Å²) in [5.74, 6) is -0.974. The normalized spacial score (nSPS) is 10.2. The molecule has 2 aromatic rings. The fourth-order valence-electron chi connectivity index (χ4n) is 1.38. The minimum absolute atomic E-state index is 0.347. The first-order valence-electron chi connectivity index (χ1n) is 4.98. The Morgan fingerprint density at radius 2 is 2.12 bits per heavy atom. The van der Waals surface area contributed by atoms with Crippen LogP contribution in [0.5, 0.6) is 5.75 Å². The van der Waals surface area contributed by atoms with Crippen LogP contribution >= 0.6 is 11.6 Å². The van der Waals surface area contributed by atoms with E-state index >= 15 is 0 Å². The standard InChI is InChI=1S/C12H10ClFN2O/c13-12-6-9(3-4-15-12)16-7-8-1-2-11(17)10(14)5-8/h1-6,17H,7H2,(H,15,16). The monoisotopic (exact) mass is 252 g/mol. The third-order valence-corrected chi connectivity index (χ3v) is 2.44. The zero-order valence-electron chi connectivity index (χ0n) is 8.82. The number of anilines is 1. The van der Waals surface area contributed by atoms with Crippen LogP contribution in [-0.4, -0.2) is 10.1 Å². The van der Waals surface area contributed by atoms with Gasteiger partial charge in [0.05, 0.1) is 0 Å². The number of phenolic OH excluding ortho intramolecular Hbond substituents is 1. The summed E-state index contributed by atoms with van der Waals surface area (Å²) in [4.78, 5) is 3.85. The molecule has 2 N–H and O–H groups in total. The van der Waals surface area contributed by atoms with Crippen LogP contribution in [0.25, 0.3) is 0 Å². The van der Waals surface area contributed by atoms with E-state index in [0.29, 0.717) is 11.7 Å². The molecule has 1 heterocycles. The maximum atomic E-state index is 13.1. The Bertz CT molecular complexity index is 534. The lowest BCUT2D eigenvalue weighted by Gasteiger charge is -2.07. The van der Waals surface area contributed by atoms with Crippen LogP contribution < -0.4 is 5.32 Å². The SMILES string of the molecule is Oc1ccc(CNc2ccnc(Cl)c2)cc1F. The highest BCUT2D eigenvalue weighted by atomic mass is 35.5. The maximum Gasteiger partial charge on any atom is 0.165 e. The summed E-state index contributed by atoms with van der Waals surface area (Å²) < 4.78 is 13.1. The zero-order chi connectivity index (χ0) is 12.3. The van der Waals surface area contributed by atoms with Crippen LogP contribution in [0.3, 0.4) is 0 Å².